The SMILES string of the molecule is CCC1CCC(CN)(OCCCCc2ccccc2)CC1. The largest absolute Gasteiger partial charge is 0.374 e. The van der Waals surface area contributed by atoms with Crippen molar-refractivity contribution in [3.8, 4) is 0 Å². The van der Waals surface area contributed by atoms with Crippen LogP contribution >= 0.6 is 0 Å². The van der Waals surface area contributed by atoms with Gasteiger partial charge in [0, 0.05) is 13.2 Å². The Hall–Kier alpha value is -0.860. The molecule has 1 fully saturated rings. The number of nitrogens with two attached hydrogens (primary N) is 1. The van der Waals surface area contributed by atoms with Gasteiger partial charge in [-0.25, -0.2) is 0 Å². The van der Waals surface area contributed by atoms with Gasteiger partial charge < -0.3 is 10.5 Å². The van der Waals surface area contributed by atoms with E-state index in [-0.39, 0.29) is 5.60 Å². The second-order valence-electron chi connectivity index (χ2n) is 6.53. The van der Waals surface area contributed by atoms with Gasteiger partial charge in [-0.1, -0.05) is 43.7 Å². The van der Waals surface area contributed by atoms with Gasteiger partial charge in [-0.3, -0.25) is 0 Å². The molecule has 0 unspecified atom stereocenters. The van der Waals surface area contributed by atoms with Crippen LogP contribution in [-0.4, -0.2) is 18.8 Å². The zero-order valence-corrected chi connectivity index (χ0v) is 13.5. The molecule has 118 valence electrons. The Balaban J connectivity index is 1.65. The summed E-state index contributed by atoms with van der Waals surface area (Å²) in [6.45, 7) is 3.84. The lowest BCUT2D eigenvalue weighted by Crippen LogP contribution is -2.44. The van der Waals surface area contributed by atoms with Gasteiger partial charge >= 0.3 is 0 Å². The minimum absolute atomic E-state index is 0.0155. The van der Waals surface area contributed by atoms with Gasteiger partial charge in [0.2, 0.25) is 0 Å². The number of aryl methyl sites for hydroxylation is 1. The molecule has 2 nitrogen and oxygen atoms in total. The lowest BCUT2D eigenvalue weighted by Gasteiger charge is -2.39. The maximum atomic E-state index is 6.23. The number of rotatable bonds is 8. The molecule has 2 N–H and O–H groups in total. The van der Waals surface area contributed by atoms with Crippen molar-refractivity contribution in [3.63, 3.8) is 0 Å². The third kappa shape index (κ3) is 5.12. The summed E-state index contributed by atoms with van der Waals surface area (Å²) in [6.07, 6.45) is 9.67. The predicted octanol–water partition coefficient (Wildman–Crippen LogP) is 4.32. The van der Waals surface area contributed by atoms with E-state index in [9.17, 15) is 0 Å². The van der Waals surface area contributed by atoms with Crippen LogP contribution < -0.4 is 5.73 Å². The average molecular weight is 289 g/mol. The summed E-state index contributed by atoms with van der Waals surface area (Å²) in [7, 11) is 0. The van der Waals surface area contributed by atoms with Gasteiger partial charge in [-0.15, -0.1) is 0 Å². The zero-order valence-electron chi connectivity index (χ0n) is 13.5. The van der Waals surface area contributed by atoms with Crippen LogP contribution in [-0.2, 0) is 11.2 Å². The van der Waals surface area contributed by atoms with Crippen LogP contribution in [0.4, 0.5) is 0 Å². The molecular weight excluding hydrogens is 258 g/mol. The summed E-state index contributed by atoms with van der Waals surface area (Å²) in [4.78, 5) is 0. The number of unbranched alkanes of at least 4 members (excludes halogenated alkanes) is 1. The lowest BCUT2D eigenvalue weighted by atomic mass is 9.77. The Morgan fingerprint density at radius 3 is 2.48 bits per heavy atom. The summed E-state index contributed by atoms with van der Waals surface area (Å²) in [5.74, 6) is 0.895. The van der Waals surface area contributed by atoms with Gasteiger partial charge in [0.25, 0.3) is 0 Å². The molecule has 0 amide bonds. The van der Waals surface area contributed by atoms with Crippen LogP contribution in [0.25, 0.3) is 0 Å². The minimum Gasteiger partial charge on any atom is -0.374 e. The van der Waals surface area contributed by atoms with Crippen LogP contribution in [0, 0.1) is 5.92 Å². The molecule has 0 bridgehead atoms. The topological polar surface area (TPSA) is 35.2 Å². The standard InChI is InChI=1S/C19H31NO/c1-2-17-11-13-19(16-20,14-12-17)21-15-7-6-10-18-8-4-3-5-9-18/h3-5,8-9,17H,2,6-7,10-16,20H2,1H3. The van der Waals surface area contributed by atoms with E-state index in [2.05, 4.69) is 37.3 Å². The first-order valence-electron chi connectivity index (χ1n) is 8.66. The monoisotopic (exact) mass is 289 g/mol. The molecule has 0 atom stereocenters. The summed E-state index contributed by atoms with van der Waals surface area (Å²) in [5, 5.41) is 0. The molecule has 1 aromatic carbocycles. The highest BCUT2D eigenvalue weighted by Crippen LogP contribution is 2.35. The molecule has 2 rings (SSSR count). The van der Waals surface area contributed by atoms with Crippen molar-refractivity contribution in [2.24, 2.45) is 11.7 Å². The normalized spacial score (nSPS) is 25.9. The molecule has 0 radical (unpaired) electrons. The summed E-state index contributed by atoms with van der Waals surface area (Å²) < 4.78 is 6.23. The number of ether oxygens (including phenoxy) is 1. The lowest BCUT2D eigenvalue weighted by molar-refractivity contribution is -0.0725. The Morgan fingerprint density at radius 1 is 1.14 bits per heavy atom. The maximum absolute atomic E-state index is 6.23. The van der Waals surface area contributed by atoms with Gasteiger partial charge in [-0.2, -0.15) is 0 Å². The van der Waals surface area contributed by atoms with Crippen LogP contribution in [0.3, 0.4) is 0 Å². The fourth-order valence-electron chi connectivity index (χ4n) is 3.38. The zero-order chi connectivity index (χ0) is 15.0. The van der Waals surface area contributed by atoms with Crippen molar-refractivity contribution < 1.29 is 4.74 Å². The number of hydrogen-bond donors (Lipinski definition) is 1. The average Bonchev–Trinajstić information content (AvgIpc) is 2.56. The van der Waals surface area contributed by atoms with Crippen LogP contribution in [0.15, 0.2) is 30.3 Å². The van der Waals surface area contributed by atoms with E-state index in [1.807, 2.05) is 0 Å². The molecule has 0 aromatic heterocycles. The molecule has 1 aliphatic carbocycles. The smallest absolute Gasteiger partial charge is 0.0804 e. The minimum atomic E-state index is -0.0155. The van der Waals surface area contributed by atoms with Gasteiger partial charge in [-0.05, 0) is 56.4 Å². The molecule has 1 aromatic rings. The van der Waals surface area contributed by atoms with Gasteiger partial charge in [0.15, 0.2) is 0 Å². The predicted molar refractivity (Wildman–Crippen MR) is 89.4 cm³/mol. The first-order valence-corrected chi connectivity index (χ1v) is 8.66. The third-order valence-electron chi connectivity index (χ3n) is 5.08. The molecule has 0 aliphatic heterocycles. The molecule has 2 heteroatoms. The Labute approximate surface area is 130 Å². The van der Waals surface area contributed by atoms with Crippen LogP contribution in [0.2, 0.25) is 0 Å². The Kier molecular flexibility index (Phi) is 6.72. The van der Waals surface area contributed by atoms with E-state index in [1.165, 1.54) is 31.2 Å². The second kappa shape index (κ2) is 8.55. The van der Waals surface area contributed by atoms with Crippen LogP contribution in [0.5, 0.6) is 0 Å². The third-order valence-corrected chi connectivity index (χ3v) is 5.08. The molecule has 1 saturated carbocycles. The second-order valence-corrected chi connectivity index (χ2v) is 6.53. The molecule has 1 aliphatic rings. The van der Waals surface area contributed by atoms with Crippen molar-refractivity contribution in [1.29, 1.82) is 0 Å². The summed E-state index contributed by atoms with van der Waals surface area (Å²) in [6, 6.07) is 10.7. The molecule has 0 heterocycles. The van der Waals surface area contributed by atoms with E-state index in [0.29, 0.717) is 6.54 Å². The summed E-state index contributed by atoms with van der Waals surface area (Å²) >= 11 is 0. The fraction of sp³-hybridized carbons (Fsp3) is 0.684. The van der Waals surface area contributed by atoms with Crippen molar-refractivity contribution in [1.82, 2.24) is 0 Å². The molecular formula is C19H31NO. The summed E-state index contributed by atoms with van der Waals surface area (Å²) in [5.41, 5.74) is 7.42. The highest BCUT2D eigenvalue weighted by Gasteiger charge is 2.34. The fourth-order valence-corrected chi connectivity index (χ4v) is 3.38. The van der Waals surface area contributed by atoms with E-state index in [4.69, 9.17) is 10.5 Å². The van der Waals surface area contributed by atoms with E-state index in [1.54, 1.807) is 0 Å². The van der Waals surface area contributed by atoms with Crippen LogP contribution in [0.1, 0.15) is 57.4 Å². The quantitative estimate of drug-likeness (QED) is 0.723. The first kappa shape index (κ1) is 16.5. The maximum Gasteiger partial charge on any atom is 0.0804 e. The van der Waals surface area contributed by atoms with E-state index in [0.717, 1.165) is 38.2 Å². The van der Waals surface area contributed by atoms with Crippen molar-refractivity contribution in [3.05, 3.63) is 35.9 Å². The van der Waals surface area contributed by atoms with E-state index >= 15 is 0 Å². The Morgan fingerprint density at radius 2 is 1.86 bits per heavy atom. The number of hydrogen-bond acceptors (Lipinski definition) is 2. The van der Waals surface area contributed by atoms with E-state index < -0.39 is 0 Å². The van der Waals surface area contributed by atoms with Crippen molar-refractivity contribution in [2.45, 2.75) is 63.9 Å². The molecule has 21 heavy (non-hydrogen) atoms. The first-order chi connectivity index (χ1) is 10.3. The van der Waals surface area contributed by atoms with Gasteiger partial charge in [0.05, 0.1) is 5.60 Å². The van der Waals surface area contributed by atoms with Gasteiger partial charge in [0.1, 0.15) is 0 Å². The highest BCUT2D eigenvalue weighted by molar-refractivity contribution is 5.14. The molecule has 0 saturated heterocycles. The van der Waals surface area contributed by atoms with Crippen molar-refractivity contribution >= 4 is 0 Å². The van der Waals surface area contributed by atoms with Crippen molar-refractivity contribution in [2.75, 3.05) is 13.2 Å². The molecule has 0 spiro atoms. The highest BCUT2D eigenvalue weighted by atomic mass is 16.5. The number of benzene rings is 1. The Bertz CT molecular complexity index is 382.